The molecule has 2 heterocycles. The molecule has 1 N–H and O–H groups in total. The lowest BCUT2D eigenvalue weighted by Gasteiger charge is -2.23. The fraction of sp³-hybridized carbons (Fsp3) is 0.0556. The number of imide groups is 1. The van der Waals surface area contributed by atoms with Crippen LogP contribution in [0.5, 0.6) is 0 Å². The van der Waals surface area contributed by atoms with Gasteiger partial charge in [0.15, 0.2) is 0 Å². The van der Waals surface area contributed by atoms with Crippen molar-refractivity contribution in [1.82, 2.24) is 4.57 Å². The molecule has 222 valence electrons. The Labute approximate surface area is 267 Å². The summed E-state index contributed by atoms with van der Waals surface area (Å²) in [6.45, 7) is 2.03. The van der Waals surface area contributed by atoms with Crippen molar-refractivity contribution in [2.24, 2.45) is 4.99 Å². The molecule has 8 nitrogen and oxygen atoms in total. The van der Waals surface area contributed by atoms with E-state index in [0.717, 1.165) is 33.1 Å². The minimum absolute atomic E-state index is 0.138. The number of hydrogen-bond donors (Lipinski definition) is 1. The number of nitrogens with zero attached hydrogens (tertiary/aromatic N) is 3. The molecule has 0 fully saturated rings. The number of anilines is 1. The van der Waals surface area contributed by atoms with Gasteiger partial charge in [0.25, 0.3) is 5.91 Å². The Hall–Kier alpha value is -5.54. The molecular weight excluding hydrogens is 634 g/mol. The maximum absolute atomic E-state index is 13.8. The highest BCUT2D eigenvalue weighted by atomic mass is 79.9. The molecular formula is C36H26BrN3O5. The van der Waals surface area contributed by atoms with Crippen LogP contribution in [0, 0.1) is 0 Å². The molecule has 0 saturated carbocycles. The predicted molar refractivity (Wildman–Crippen MR) is 178 cm³/mol. The Bertz CT molecular complexity index is 1980. The van der Waals surface area contributed by atoms with Crippen LogP contribution in [-0.2, 0) is 9.53 Å². The first-order chi connectivity index (χ1) is 21.9. The van der Waals surface area contributed by atoms with Gasteiger partial charge in [-0.3, -0.25) is 4.79 Å². The van der Waals surface area contributed by atoms with Crippen LogP contribution in [0.25, 0.3) is 34.3 Å². The molecule has 1 aromatic heterocycles. The summed E-state index contributed by atoms with van der Waals surface area (Å²) >= 11 is 3.38. The Morgan fingerprint density at radius 3 is 2.16 bits per heavy atom. The molecule has 0 bridgehead atoms. The molecule has 4 aromatic carbocycles. The zero-order valence-corrected chi connectivity index (χ0v) is 25.6. The first-order valence-corrected chi connectivity index (χ1v) is 14.9. The van der Waals surface area contributed by atoms with E-state index in [1.807, 2.05) is 83.4 Å². The number of benzene rings is 4. The number of carbonyl (C=O) groups is 3. The van der Waals surface area contributed by atoms with Crippen LogP contribution < -0.4 is 4.90 Å². The monoisotopic (exact) mass is 659 g/mol. The Morgan fingerprint density at radius 2 is 1.51 bits per heavy atom. The molecule has 3 amide bonds. The molecule has 9 heteroatoms. The highest BCUT2D eigenvalue weighted by molar-refractivity contribution is 9.10. The van der Waals surface area contributed by atoms with Crippen molar-refractivity contribution in [3.05, 3.63) is 136 Å². The van der Waals surface area contributed by atoms with E-state index < -0.39 is 23.8 Å². The second-order valence-corrected chi connectivity index (χ2v) is 11.0. The highest BCUT2D eigenvalue weighted by Crippen LogP contribution is 2.38. The summed E-state index contributed by atoms with van der Waals surface area (Å²) in [7, 11) is 0. The summed E-state index contributed by atoms with van der Waals surface area (Å²) < 4.78 is 7.88. The molecule has 0 saturated heterocycles. The first kappa shape index (κ1) is 29.5. The summed E-state index contributed by atoms with van der Waals surface area (Å²) in [6, 6.07) is 34.2. The number of urea groups is 1. The van der Waals surface area contributed by atoms with Gasteiger partial charge in [0.2, 0.25) is 5.90 Å². The first-order valence-electron chi connectivity index (χ1n) is 14.1. The van der Waals surface area contributed by atoms with E-state index in [4.69, 9.17) is 4.74 Å². The van der Waals surface area contributed by atoms with Gasteiger partial charge >= 0.3 is 12.0 Å². The smallest absolute Gasteiger partial charge is 0.358 e. The van der Waals surface area contributed by atoms with Gasteiger partial charge in [-0.2, -0.15) is 4.99 Å². The van der Waals surface area contributed by atoms with E-state index in [0.29, 0.717) is 21.3 Å². The third kappa shape index (κ3) is 5.85. The number of aliphatic imine (C=N–C) groups is 1. The molecule has 1 aliphatic heterocycles. The molecule has 0 atom stereocenters. The van der Waals surface area contributed by atoms with E-state index in [2.05, 4.69) is 20.9 Å². The summed E-state index contributed by atoms with van der Waals surface area (Å²) in [6.07, 6.45) is 1.55. The molecule has 0 unspecified atom stereocenters. The molecule has 5 aromatic rings. The molecule has 0 spiro atoms. The SMILES string of the molecule is CCOC(=O)c1ccc(-n2c(-c3ccccc3)cc(/C=C3\C(=O)N(c4cccc(Br)c4)C(=O)N=C3O)c2-c2ccccc2)cc1. The topological polar surface area (TPSA) is 101 Å². The van der Waals surface area contributed by atoms with Crippen LogP contribution in [0.4, 0.5) is 10.5 Å². The lowest BCUT2D eigenvalue weighted by molar-refractivity contribution is -0.114. The Morgan fingerprint density at radius 1 is 0.844 bits per heavy atom. The molecule has 0 radical (unpaired) electrons. The van der Waals surface area contributed by atoms with Crippen LogP contribution in [0.1, 0.15) is 22.8 Å². The number of amides is 3. The molecule has 45 heavy (non-hydrogen) atoms. The second-order valence-electron chi connectivity index (χ2n) is 10.1. The van der Waals surface area contributed by atoms with Gasteiger partial charge in [0.05, 0.1) is 29.2 Å². The van der Waals surface area contributed by atoms with Crippen LogP contribution in [0.2, 0.25) is 0 Å². The van der Waals surface area contributed by atoms with Gasteiger partial charge in [-0.15, -0.1) is 0 Å². The normalized spacial score (nSPS) is 14.0. The quantitative estimate of drug-likeness (QED) is 0.140. The van der Waals surface area contributed by atoms with Crippen molar-refractivity contribution in [2.75, 3.05) is 11.5 Å². The van der Waals surface area contributed by atoms with Crippen molar-refractivity contribution >= 4 is 51.5 Å². The Kier molecular flexibility index (Phi) is 8.26. The lowest BCUT2D eigenvalue weighted by Crippen LogP contribution is -2.42. The number of rotatable bonds is 7. The summed E-state index contributed by atoms with van der Waals surface area (Å²) in [5.74, 6) is -1.79. The Balaban J connectivity index is 1.58. The van der Waals surface area contributed by atoms with Crippen LogP contribution in [0.3, 0.4) is 0 Å². The average molecular weight is 661 g/mol. The standard InChI is InChI=1S/C36H26BrN3O5/c1-2-45-35(43)25-16-18-28(19-17-25)39-31(23-10-5-3-6-11-23)21-26(32(39)24-12-7-4-8-13-24)20-30-33(41)38-36(44)40(34(30)42)29-15-9-14-27(37)22-29/h3-22H,2H2,1H3,(H,38,41,44)/b30-20-. The van der Waals surface area contributed by atoms with E-state index in [1.54, 1.807) is 49.4 Å². The van der Waals surface area contributed by atoms with Gasteiger partial charge in [0.1, 0.15) is 5.57 Å². The van der Waals surface area contributed by atoms with Crippen molar-refractivity contribution < 1.29 is 24.2 Å². The minimum atomic E-state index is -0.889. The van der Waals surface area contributed by atoms with Crippen LogP contribution in [0.15, 0.2) is 130 Å². The van der Waals surface area contributed by atoms with E-state index in [-0.39, 0.29) is 12.2 Å². The van der Waals surface area contributed by atoms with Gasteiger partial charge in [-0.25, -0.2) is 14.5 Å². The van der Waals surface area contributed by atoms with E-state index in [9.17, 15) is 19.5 Å². The maximum atomic E-state index is 13.8. The number of ether oxygens (including phenoxy) is 1. The third-order valence-corrected chi connectivity index (χ3v) is 7.71. The number of aromatic nitrogens is 1. The minimum Gasteiger partial charge on any atom is -0.493 e. The summed E-state index contributed by atoms with van der Waals surface area (Å²) in [4.78, 5) is 43.8. The maximum Gasteiger partial charge on any atom is 0.358 e. The predicted octanol–water partition coefficient (Wildman–Crippen LogP) is 8.26. The van der Waals surface area contributed by atoms with Gasteiger partial charge in [-0.05, 0) is 72.7 Å². The average Bonchev–Trinajstić information content (AvgIpc) is 3.43. The molecule has 6 rings (SSSR count). The van der Waals surface area contributed by atoms with Crippen molar-refractivity contribution in [1.29, 1.82) is 0 Å². The van der Waals surface area contributed by atoms with Crippen molar-refractivity contribution in [2.45, 2.75) is 6.92 Å². The summed E-state index contributed by atoms with van der Waals surface area (Å²) in [5, 5.41) is 10.8. The number of aliphatic hydroxyl groups excluding tert-OH is 1. The third-order valence-electron chi connectivity index (χ3n) is 7.22. The number of esters is 1. The van der Waals surface area contributed by atoms with Crippen LogP contribution in [-0.4, -0.2) is 40.1 Å². The number of aliphatic hydroxyl groups is 1. The second kappa shape index (κ2) is 12.6. The largest absolute Gasteiger partial charge is 0.493 e. The zero-order chi connectivity index (χ0) is 31.5. The number of halogens is 1. The number of carbonyl (C=O) groups excluding carboxylic acids is 3. The van der Waals surface area contributed by atoms with Gasteiger partial charge < -0.3 is 14.4 Å². The fourth-order valence-electron chi connectivity index (χ4n) is 5.21. The van der Waals surface area contributed by atoms with Crippen molar-refractivity contribution in [3.8, 4) is 28.2 Å². The number of hydrogen-bond acceptors (Lipinski definition) is 4. The van der Waals surface area contributed by atoms with Crippen molar-refractivity contribution in [3.63, 3.8) is 0 Å². The van der Waals surface area contributed by atoms with Gasteiger partial charge in [0, 0.05) is 15.7 Å². The molecule has 1 aliphatic rings. The zero-order valence-electron chi connectivity index (χ0n) is 24.1. The van der Waals surface area contributed by atoms with E-state index >= 15 is 0 Å². The molecule has 0 aliphatic carbocycles. The van der Waals surface area contributed by atoms with Gasteiger partial charge in [-0.1, -0.05) is 82.7 Å². The fourth-order valence-corrected chi connectivity index (χ4v) is 5.60. The van der Waals surface area contributed by atoms with E-state index in [1.165, 1.54) is 0 Å². The van der Waals surface area contributed by atoms with Crippen LogP contribution >= 0.6 is 15.9 Å². The summed E-state index contributed by atoms with van der Waals surface area (Å²) in [5.41, 5.74) is 5.20. The lowest BCUT2D eigenvalue weighted by atomic mass is 10.0. The highest BCUT2D eigenvalue weighted by Gasteiger charge is 2.35.